The molecule has 1 saturated heterocycles. The lowest BCUT2D eigenvalue weighted by atomic mass is 10.0. The Morgan fingerprint density at radius 3 is 2.73 bits per heavy atom. The quantitative estimate of drug-likeness (QED) is 0.383. The zero-order valence-corrected chi connectivity index (χ0v) is 19.0. The molecule has 9 nitrogen and oxygen atoms in total. The molecule has 0 bridgehead atoms. The highest BCUT2D eigenvalue weighted by Crippen LogP contribution is 2.34. The standard InChI is InChI=1S/C23H26N6O3S/c30-33(31,23-25-18-10-4-5-11-19(18)26-23)29-15-7-6-12-20(29)22-27-21(32-28-22)13-14-24-16-17-8-2-1-3-9-17/h1-5,8-11,20,24H,6-7,12-16H2,(H,25,26). The summed E-state index contributed by atoms with van der Waals surface area (Å²) in [5, 5.41) is 7.43. The number of fused-ring (bicyclic) bond motifs is 1. The van der Waals surface area contributed by atoms with E-state index >= 15 is 0 Å². The largest absolute Gasteiger partial charge is 0.339 e. The van der Waals surface area contributed by atoms with Gasteiger partial charge in [-0.05, 0) is 30.5 Å². The second kappa shape index (κ2) is 9.42. The van der Waals surface area contributed by atoms with Gasteiger partial charge >= 0.3 is 0 Å². The predicted octanol–water partition coefficient (Wildman–Crippen LogP) is 3.19. The summed E-state index contributed by atoms with van der Waals surface area (Å²) in [6, 6.07) is 17.0. The van der Waals surface area contributed by atoms with Crippen molar-refractivity contribution in [2.45, 2.75) is 43.4 Å². The third kappa shape index (κ3) is 4.68. The molecule has 10 heteroatoms. The van der Waals surface area contributed by atoms with Gasteiger partial charge in [-0.15, -0.1) is 0 Å². The van der Waals surface area contributed by atoms with Crippen LogP contribution in [-0.2, 0) is 23.0 Å². The number of aromatic amines is 1. The fourth-order valence-corrected chi connectivity index (χ4v) is 5.72. The van der Waals surface area contributed by atoms with Gasteiger partial charge in [0.25, 0.3) is 10.0 Å². The molecule has 4 aromatic rings. The third-order valence-electron chi connectivity index (χ3n) is 5.84. The van der Waals surface area contributed by atoms with Crippen molar-refractivity contribution < 1.29 is 12.9 Å². The summed E-state index contributed by atoms with van der Waals surface area (Å²) in [6.07, 6.45) is 2.90. The Morgan fingerprint density at radius 2 is 1.88 bits per heavy atom. The van der Waals surface area contributed by atoms with Crippen LogP contribution in [0.5, 0.6) is 0 Å². The van der Waals surface area contributed by atoms with Crippen molar-refractivity contribution in [1.82, 2.24) is 29.7 Å². The first-order valence-corrected chi connectivity index (χ1v) is 12.6. The number of aromatic nitrogens is 4. The van der Waals surface area contributed by atoms with E-state index in [9.17, 15) is 8.42 Å². The topological polar surface area (TPSA) is 117 Å². The molecule has 172 valence electrons. The average molecular weight is 467 g/mol. The minimum absolute atomic E-state index is 0.0515. The normalized spacial score (nSPS) is 17.5. The maximum absolute atomic E-state index is 13.4. The number of piperidine rings is 1. The van der Waals surface area contributed by atoms with Crippen molar-refractivity contribution in [3.63, 3.8) is 0 Å². The molecular weight excluding hydrogens is 440 g/mol. The highest BCUT2D eigenvalue weighted by Gasteiger charge is 2.38. The zero-order valence-electron chi connectivity index (χ0n) is 18.1. The highest BCUT2D eigenvalue weighted by molar-refractivity contribution is 7.89. The predicted molar refractivity (Wildman–Crippen MR) is 123 cm³/mol. The van der Waals surface area contributed by atoms with Gasteiger partial charge in [0.1, 0.15) is 0 Å². The van der Waals surface area contributed by atoms with E-state index < -0.39 is 16.1 Å². The van der Waals surface area contributed by atoms with Crippen molar-refractivity contribution in [1.29, 1.82) is 0 Å². The fraction of sp³-hybridized carbons (Fsp3) is 0.348. The number of H-pyrrole nitrogens is 1. The van der Waals surface area contributed by atoms with Crippen LogP contribution in [0.15, 0.2) is 64.3 Å². The van der Waals surface area contributed by atoms with E-state index in [0.717, 1.165) is 19.4 Å². The first-order valence-electron chi connectivity index (χ1n) is 11.1. The van der Waals surface area contributed by atoms with E-state index in [0.29, 0.717) is 48.7 Å². The van der Waals surface area contributed by atoms with E-state index in [-0.39, 0.29) is 5.16 Å². The minimum Gasteiger partial charge on any atom is -0.339 e. The Kier molecular flexibility index (Phi) is 6.21. The summed E-state index contributed by atoms with van der Waals surface area (Å²) in [6.45, 7) is 1.84. The fourth-order valence-electron chi connectivity index (χ4n) is 4.14. The first-order chi connectivity index (χ1) is 16.1. The van der Waals surface area contributed by atoms with Gasteiger partial charge in [-0.3, -0.25) is 0 Å². The maximum atomic E-state index is 13.4. The van der Waals surface area contributed by atoms with Crippen molar-refractivity contribution in [3.05, 3.63) is 71.9 Å². The van der Waals surface area contributed by atoms with Crippen LogP contribution >= 0.6 is 0 Å². The maximum Gasteiger partial charge on any atom is 0.277 e. The molecule has 1 aliphatic rings. The number of benzene rings is 2. The van der Waals surface area contributed by atoms with E-state index in [1.54, 1.807) is 6.07 Å². The summed E-state index contributed by atoms with van der Waals surface area (Å²) in [5.41, 5.74) is 2.52. The minimum atomic E-state index is -3.83. The molecule has 1 unspecified atom stereocenters. The summed E-state index contributed by atoms with van der Waals surface area (Å²) in [5.74, 6) is 0.907. The number of para-hydroxylation sites is 2. The molecule has 0 radical (unpaired) electrons. The van der Waals surface area contributed by atoms with Crippen LogP contribution < -0.4 is 5.32 Å². The van der Waals surface area contributed by atoms with Gasteiger partial charge in [-0.1, -0.05) is 54.0 Å². The van der Waals surface area contributed by atoms with Gasteiger partial charge in [0.2, 0.25) is 11.0 Å². The lowest BCUT2D eigenvalue weighted by Crippen LogP contribution is -2.39. The number of nitrogens with one attached hydrogen (secondary N) is 2. The molecule has 2 aromatic carbocycles. The summed E-state index contributed by atoms with van der Waals surface area (Å²) < 4.78 is 33.8. The molecule has 0 aliphatic carbocycles. The van der Waals surface area contributed by atoms with Crippen molar-refractivity contribution in [3.8, 4) is 0 Å². The van der Waals surface area contributed by atoms with E-state index in [4.69, 9.17) is 4.52 Å². The van der Waals surface area contributed by atoms with Crippen molar-refractivity contribution >= 4 is 21.1 Å². The number of imidazole rings is 1. The van der Waals surface area contributed by atoms with Crippen LogP contribution in [0, 0.1) is 0 Å². The third-order valence-corrected chi connectivity index (χ3v) is 7.58. The van der Waals surface area contributed by atoms with Gasteiger partial charge in [0.15, 0.2) is 5.82 Å². The van der Waals surface area contributed by atoms with E-state index in [1.165, 1.54) is 9.87 Å². The van der Waals surface area contributed by atoms with E-state index in [2.05, 4.69) is 37.6 Å². The Balaban J connectivity index is 1.28. The summed E-state index contributed by atoms with van der Waals surface area (Å²) in [7, 11) is -3.83. The van der Waals surface area contributed by atoms with Crippen LogP contribution in [0.4, 0.5) is 0 Å². The van der Waals surface area contributed by atoms with Crippen molar-refractivity contribution in [2.24, 2.45) is 0 Å². The van der Waals surface area contributed by atoms with Gasteiger partial charge in [-0.2, -0.15) is 9.29 Å². The van der Waals surface area contributed by atoms with Gasteiger partial charge in [-0.25, -0.2) is 13.4 Å². The number of hydrogen-bond acceptors (Lipinski definition) is 7. The van der Waals surface area contributed by atoms with Crippen LogP contribution in [0.3, 0.4) is 0 Å². The molecule has 0 saturated carbocycles. The Hall–Kier alpha value is -3.08. The molecule has 1 atom stereocenters. The average Bonchev–Trinajstić information content (AvgIpc) is 3.50. The molecule has 3 heterocycles. The van der Waals surface area contributed by atoms with Gasteiger partial charge in [0, 0.05) is 26.1 Å². The van der Waals surface area contributed by atoms with E-state index in [1.807, 2.05) is 36.4 Å². The molecule has 2 N–H and O–H groups in total. The monoisotopic (exact) mass is 466 g/mol. The summed E-state index contributed by atoms with van der Waals surface area (Å²) >= 11 is 0. The first kappa shape index (κ1) is 21.7. The molecule has 2 aromatic heterocycles. The molecule has 1 aliphatic heterocycles. The highest BCUT2D eigenvalue weighted by atomic mass is 32.2. The number of nitrogens with zero attached hydrogens (tertiary/aromatic N) is 4. The lowest BCUT2D eigenvalue weighted by Gasteiger charge is -2.31. The SMILES string of the molecule is O=S(=O)(c1nc2ccccc2[nH]1)N1CCCCC1c1noc(CCNCc2ccccc2)n1. The Bertz CT molecular complexity index is 1290. The molecule has 1 fully saturated rings. The Labute approximate surface area is 192 Å². The lowest BCUT2D eigenvalue weighted by molar-refractivity contribution is 0.239. The zero-order chi connectivity index (χ0) is 22.7. The molecular formula is C23H26N6O3S. The molecule has 5 rings (SSSR count). The van der Waals surface area contributed by atoms with Gasteiger partial charge < -0.3 is 14.8 Å². The second-order valence-corrected chi connectivity index (χ2v) is 9.95. The van der Waals surface area contributed by atoms with Crippen molar-refractivity contribution in [2.75, 3.05) is 13.1 Å². The van der Waals surface area contributed by atoms with Crippen LogP contribution in [0.1, 0.15) is 42.6 Å². The Morgan fingerprint density at radius 1 is 1.06 bits per heavy atom. The van der Waals surface area contributed by atoms with Gasteiger partial charge in [0.05, 0.1) is 17.1 Å². The molecule has 0 amide bonds. The van der Waals surface area contributed by atoms with Crippen LogP contribution in [-0.4, -0.2) is 45.9 Å². The number of rotatable bonds is 8. The summed E-state index contributed by atoms with van der Waals surface area (Å²) in [4.78, 5) is 11.8. The van der Waals surface area contributed by atoms with Crippen LogP contribution in [0.2, 0.25) is 0 Å². The molecule has 0 spiro atoms. The number of sulfonamides is 1. The number of hydrogen-bond donors (Lipinski definition) is 2. The second-order valence-electron chi connectivity index (χ2n) is 8.15. The van der Waals surface area contributed by atoms with Crippen LogP contribution in [0.25, 0.3) is 11.0 Å². The smallest absolute Gasteiger partial charge is 0.277 e. The molecule has 33 heavy (non-hydrogen) atoms.